The van der Waals surface area contributed by atoms with Gasteiger partial charge in [-0.05, 0) is 19.4 Å². The van der Waals surface area contributed by atoms with Gasteiger partial charge >= 0.3 is 0 Å². The zero-order valence-corrected chi connectivity index (χ0v) is 14.1. The molecule has 21 heavy (non-hydrogen) atoms. The number of hydrazine groups is 2. The van der Waals surface area contributed by atoms with Crippen LogP contribution in [0.2, 0.25) is 0 Å². The van der Waals surface area contributed by atoms with Crippen LogP contribution in [0.5, 0.6) is 0 Å². The molecule has 0 aliphatic carbocycles. The molecular formula is C14H17IN6. The molecule has 3 rings (SSSR count). The summed E-state index contributed by atoms with van der Waals surface area (Å²) in [6, 6.07) is 8.51. The van der Waals surface area contributed by atoms with Crippen molar-refractivity contribution in [1.82, 2.24) is 23.7 Å². The van der Waals surface area contributed by atoms with Crippen molar-refractivity contribution in [2.24, 2.45) is 5.10 Å². The molecule has 110 valence electrons. The minimum atomic E-state index is 0.765. The minimum Gasteiger partial charge on any atom is -0.268 e. The molecule has 0 bridgehead atoms. The van der Waals surface area contributed by atoms with E-state index in [1.54, 1.807) is 2.90 Å². The van der Waals surface area contributed by atoms with E-state index in [-0.39, 0.29) is 0 Å². The van der Waals surface area contributed by atoms with E-state index in [2.05, 4.69) is 81.7 Å². The Labute approximate surface area is 137 Å². The minimum absolute atomic E-state index is 0.765. The van der Waals surface area contributed by atoms with Crippen molar-refractivity contribution < 1.29 is 0 Å². The summed E-state index contributed by atoms with van der Waals surface area (Å²) >= 11 is 2.13. The number of halogens is 1. The number of amidine groups is 1. The van der Waals surface area contributed by atoms with Gasteiger partial charge in [0.05, 0.1) is 41.2 Å². The molecule has 2 aromatic rings. The predicted molar refractivity (Wildman–Crippen MR) is 90.4 cm³/mol. The third-order valence-electron chi connectivity index (χ3n) is 3.33. The molecule has 0 fully saturated rings. The number of aryl methyl sites for hydroxylation is 1. The summed E-state index contributed by atoms with van der Waals surface area (Å²) in [5, 5.41) is 12.8. The maximum atomic E-state index is 4.43. The van der Waals surface area contributed by atoms with Gasteiger partial charge in [-0.15, -0.1) is 10.2 Å². The zero-order valence-electron chi connectivity index (χ0n) is 12.0. The van der Waals surface area contributed by atoms with Gasteiger partial charge in [-0.1, -0.05) is 29.8 Å². The lowest BCUT2D eigenvalue weighted by atomic mass is 10.1. The molecule has 7 heteroatoms. The Bertz CT molecular complexity index is 665. The standard InChI is InChI=1S/C14H17IN6/c1-3-19-14(13-8-16-20(15)10-13)17-18-21(19)9-12-6-4-5-11(2)7-12/h4-8,10,18H,3,9H2,1-2H3. The fraction of sp³-hybridized carbons (Fsp3) is 0.286. The van der Waals surface area contributed by atoms with E-state index in [1.165, 1.54) is 11.1 Å². The monoisotopic (exact) mass is 396 g/mol. The van der Waals surface area contributed by atoms with Crippen LogP contribution in [0.4, 0.5) is 0 Å². The zero-order chi connectivity index (χ0) is 14.8. The van der Waals surface area contributed by atoms with E-state index in [4.69, 9.17) is 0 Å². The van der Waals surface area contributed by atoms with Crippen molar-refractivity contribution in [3.05, 3.63) is 53.3 Å². The molecule has 0 amide bonds. The first kappa shape index (κ1) is 14.3. The summed E-state index contributed by atoms with van der Waals surface area (Å²) < 4.78 is 1.76. The number of aromatic nitrogens is 2. The third-order valence-corrected chi connectivity index (χ3v) is 3.86. The van der Waals surface area contributed by atoms with Gasteiger partial charge in [0.15, 0.2) is 5.84 Å². The second-order valence-electron chi connectivity index (χ2n) is 4.92. The molecule has 0 unspecified atom stereocenters. The van der Waals surface area contributed by atoms with E-state index in [9.17, 15) is 0 Å². The third kappa shape index (κ3) is 3.03. The smallest absolute Gasteiger partial charge is 0.176 e. The summed E-state index contributed by atoms with van der Waals surface area (Å²) in [5.41, 5.74) is 6.61. The molecule has 0 saturated carbocycles. The molecule has 0 radical (unpaired) electrons. The van der Waals surface area contributed by atoms with Gasteiger partial charge < -0.3 is 0 Å². The topological polar surface area (TPSA) is 48.7 Å². The molecule has 1 aromatic heterocycles. The van der Waals surface area contributed by atoms with Crippen molar-refractivity contribution in [3.8, 4) is 0 Å². The number of benzene rings is 1. The normalized spacial score (nSPS) is 15.2. The first-order chi connectivity index (χ1) is 10.2. The maximum Gasteiger partial charge on any atom is 0.176 e. The van der Waals surface area contributed by atoms with E-state index in [0.29, 0.717) is 0 Å². The molecule has 1 aliphatic rings. The molecule has 0 spiro atoms. The van der Waals surface area contributed by atoms with Crippen LogP contribution in [0.1, 0.15) is 23.6 Å². The number of rotatable bonds is 4. The number of nitrogens with one attached hydrogen (secondary N) is 1. The molecule has 6 nitrogen and oxygen atoms in total. The maximum absolute atomic E-state index is 4.43. The van der Waals surface area contributed by atoms with Crippen LogP contribution in [0.3, 0.4) is 0 Å². The lowest BCUT2D eigenvalue weighted by Gasteiger charge is -2.27. The van der Waals surface area contributed by atoms with Crippen LogP contribution in [0.15, 0.2) is 41.8 Å². The Morgan fingerprint density at radius 1 is 1.33 bits per heavy atom. The highest BCUT2D eigenvalue weighted by Gasteiger charge is 2.26. The Hall–Kier alpha value is -1.61. The second-order valence-corrected chi connectivity index (χ2v) is 5.90. The van der Waals surface area contributed by atoms with Gasteiger partial charge in [0.1, 0.15) is 0 Å². The van der Waals surface area contributed by atoms with Crippen LogP contribution < -0.4 is 5.53 Å². The van der Waals surface area contributed by atoms with Crippen LogP contribution >= 0.6 is 22.9 Å². The lowest BCUT2D eigenvalue weighted by Crippen LogP contribution is -2.45. The van der Waals surface area contributed by atoms with Crippen molar-refractivity contribution >= 4 is 28.7 Å². The first-order valence-electron chi connectivity index (χ1n) is 6.82. The fourth-order valence-corrected chi connectivity index (χ4v) is 2.81. The first-order valence-corrected chi connectivity index (χ1v) is 7.79. The molecular weight excluding hydrogens is 379 g/mol. The number of nitrogens with zero attached hydrogens (tertiary/aromatic N) is 5. The summed E-state index contributed by atoms with van der Waals surface area (Å²) in [7, 11) is 0. The number of hydrogen-bond donors (Lipinski definition) is 1. The van der Waals surface area contributed by atoms with Crippen LogP contribution in [-0.4, -0.2) is 30.5 Å². The Balaban J connectivity index is 1.77. The highest BCUT2D eigenvalue weighted by molar-refractivity contribution is 14.1. The van der Waals surface area contributed by atoms with Crippen molar-refractivity contribution in [1.29, 1.82) is 0 Å². The van der Waals surface area contributed by atoms with Gasteiger partial charge in [0.25, 0.3) is 0 Å². The summed E-state index contributed by atoms with van der Waals surface area (Å²) in [6.45, 7) is 5.82. The van der Waals surface area contributed by atoms with E-state index >= 15 is 0 Å². The summed E-state index contributed by atoms with van der Waals surface area (Å²) in [5.74, 6) is 0.896. The van der Waals surface area contributed by atoms with Crippen molar-refractivity contribution in [2.75, 3.05) is 6.54 Å². The quantitative estimate of drug-likeness (QED) is 0.807. The Morgan fingerprint density at radius 2 is 2.19 bits per heavy atom. The van der Waals surface area contributed by atoms with Crippen LogP contribution in [0, 0.1) is 6.92 Å². The average molecular weight is 396 g/mol. The molecule has 0 saturated heterocycles. The van der Waals surface area contributed by atoms with Crippen LogP contribution in [-0.2, 0) is 6.54 Å². The predicted octanol–water partition coefficient (Wildman–Crippen LogP) is 2.31. The molecule has 1 aliphatic heterocycles. The molecule has 0 atom stereocenters. The Morgan fingerprint density at radius 3 is 2.86 bits per heavy atom. The SMILES string of the molecule is CCN1C(c2cnn(I)c2)=NNN1Cc1cccc(C)c1. The largest absolute Gasteiger partial charge is 0.268 e. The molecule has 1 aromatic carbocycles. The van der Waals surface area contributed by atoms with Gasteiger partial charge in [0, 0.05) is 12.7 Å². The molecule has 2 heterocycles. The van der Waals surface area contributed by atoms with E-state index in [1.807, 2.05) is 17.5 Å². The highest BCUT2D eigenvalue weighted by Crippen LogP contribution is 2.16. The van der Waals surface area contributed by atoms with Gasteiger partial charge in [-0.25, -0.2) is 8.43 Å². The van der Waals surface area contributed by atoms with Gasteiger partial charge in [0.2, 0.25) is 0 Å². The van der Waals surface area contributed by atoms with E-state index < -0.39 is 0 Å². The highest BCUT2D eigenvalue weighted by atomic mass is 127. The number of hydrogen-bond acceptors (Lipinski definition) is 5. The van der Waals surface area contributed by atoms with Crippen molar-refractivity contribution in [3.63, 3.8) is 0 Å². The van der Waals surface area contributed by atoms with Gasteiger partial charge in [-0.3, -0.25) is 5.01 Å². The van der Waals surface area contributed by atoms with Crippen molar-refractivity contribution in [2.45, 2.75) is 20.4 Å². The Kier molecular flexibility index (Phi) is 4.11. The fourth-order valence-electron chi connectivity index (χ4n) is 2.38. The average Bonchev–Trinajstić information content (AvgIpc) is 3.05. The molecule has 1 N–H and O–H groups in total. The summed E-state index contributed by atoms with van der Waals surface area (Å²) in [4.78, 5) is 0. The second kappa shape index (κ2) is 6.02. The lowest BCUT2D eigenvalue weighted by molar-refractivity contribution is 0.0106. The van der Waals surface area contributed by atoms with E-state index in [0.717, 1.165) is 24.5 Å². The van der Waals surface area contributed by atoms with Gasteiger partial charge in [-0.2, -0.15) is 5.10 Å². The van der Waals surface area contributed by atoms with Crippen LogP contribution in [0.25, 0.3) is 0 Å². The summed E-state index contributed by atoms with van der Waals surface area (Å²) in [6.07, 6.45) is 3.78. The number of hydrazone groups is 1.